The Morgan fingerprint density at radius 1 is 0.947 bits per heavy atom. The maximum atomic E-state index is 13.8. The van der Waals surface area contributed by atoms with Crippen LogP contribution in [0.25, 0.3) is 0 Å². The van der Waals surface area contributed by atoms with E-state index in [1.807, 2.05) is 19.9 Å². The number of nitrogens with zero attached hydrogens (tertiary/aromatic N) is 2. The lowest BCUT2D eigenvalue weighted by atomic mass is 10.1. The smallest absolute Gasteiger partial charge is 0.264 e. The van der Waals surface area contributed by atoms with Gasteiger partial charge in [0.25, 0.3) is 10.0 Å². The number of anilines is 1. The molecule has 1 unspecified atom stereocenters. The summed E-state index contributed by atoms with van der Waals surface area (Å²) >= 11 is 5.97. The first kappa shape index (κ1) is 29.0. The van der Waals surface area contributed by atoms with Gasteiger partial charge in [0, 0.05) is 17.6 Å². The van der Waals surface area contributed by atoms with Gasteiger partial charge in [-0.05, 0) is 74.9 Å². The van der Waals surface area contributed by atoms with Crippen molar-refractivity contribution in [3.05, 3.63) is 89.4 Å². The molecule has 38 heavy (non-hydrogen) atoms. The van der Waals surface area contributed by atoms with Gasteiger partial charge in [0.2, 0.25) is 11.8 Å². The number of benzene rings is 3. The summed E-state index contributed by atoms with van der Waals surface area (Å²) in [5.74, 6) is -0.283. The molecule has 10 heteroatoms. The Kier molecular flexibility index (Phi) is 9.77. The van der Waals surface area contributed by atoms with Gasteiger partial charge in [0.1, 0.15) is 18.3 Å². The third-order valence-corrected chi connectivity index (χ3v) is 7.85. The molecule has 0 aliphatic heterocycles. The fraction of sp³-hybridized carbons (Fsp3) is 0.286. The fourth-order valence-electron chi connectivity index (χ4n) is 3.81. The molecule has 202 valence electrons. The van der Waals surface area contributed by atoms with Gasteiger partial charge in [-0.1, -0.05) is 41.9 Å². The highest BCUT2D eigenvalue weighted by Gasteiger charge is 2.32. The lowest BCUT2D eigenvalue weighted by Crippen LogP contribution is -2.52. The average Bonchev–Trinajstić information content (AvgIpc) is 2.90. The molecule has 0 aromatic heterocycles. The molecular formula is C28H32ClN3O5S. The minimum Gasteiger partial charge on any atom is -0.497 e. The molecule has 8 nitrogen and oxygen atoms in total. The molecule has 0 aliphatic carbocycles. The molecule has 0 fully saturated rings. The average molecular weight is 558 g/mol. The van der Waals surface area contributed by atoms with Crippen LogP contribution in [0.3, 0.4) is 0 Å². The molecule has 3 aromatic rings. The van der Waals surface area contributed by atoms with Gasteiger partial charge in [0.15, 0.2) is 0 Å². The molecule has 0 heterocycles. The van der Waals surface area contributed by atoms with Gasteiger partial charge >= 0.3 is 0 Å². The molecule has 3 aromatic carbocycles. The maximum Gasteiger partial charge on any atom is 0.264 e. The zero-order chi connectivity index (χ0) is 27.9. The number of nitrogens with one attached hydrogen (secondary N) is 1. The van der Waals surface area contributed by atoms with Crippen LogP contribution in [0.5, 0.6) is 5.75 Å². The van der Waals surface area contributed by atoms with Gasteiger partial charge in [-0.25, -0.2) is 8.42 Å². The maximum absolute atomic E-state index is 13.8. The van der Waals surface area contributed by atoms with Crippen LogP contribution in [-0.2, 0) is 26.2 Å². The lowest BCUT2D eigenvalue weighted by molar-refractivity contribution is -0.139. The van der Waals surface area contributed by atoms with Gasteiger partial charge in [-0.3, -0.25) is 13.9 Å². The van der Waals surface area contributed by atoms with E-state index in [1.165, 1.54) is 29.2 Å². The summed E-state index contributed by atoms with van der Waals surface area (Å²) < 4.78 is 33.8. The van der Waals surface area contributed by atoms with E-state index in [1.54, 1.807) is 62.6 Å². The Balaban J connectivity index is 2.01. The van der Waals surface area contributed by atoms with E-state index in [9.17, 15) is 18.0 Å². The number of rotatable bonds is 11. The van der Waals surface area contributed by atoms with Crippen LogP contribution in [0.1, 0.15) is 26.3 Å². The minimum absolute atomic E-state index is 0.0106. The monoisotopic (exact) mass is 557 g/mol. The number of amides is 2. The molecular weight excluding hydrogens is 526 g/mol. The number of carbonyl (C=O) groups is 2. The van der Waals surface area contributed by atoms with Crippen molar-refractivity contribution in [2.45, 2.75) is 44.3 Å². The van der Waals surface area contributed by atoms with Crippen molar-refractivity contribution in [2.24, 2.45) is 0 Å². The molecule has 1 N–H and O–H groups in total. The summed E-state index contributed by atoms with van der Waals surface area (Å²) in [4.78, 5) is 28.1. The van der Waals surface area contributed by atoms with Crippen LogP contribution in [0, 0.1) is 0 Å². The number of para-hydroxylation sites is 1. The number of ether oxygens (including phenoxy) is 1. The zero-order valence-corrected chi connectivity index (χ0v) is 23.4. The van der Waals surface area contributed by atoms with E-state index in [4.69, 9.17) is 16.3 Å². The molecule has 0 bridgehead atoms. The van der Waals surface area contributed by atoms with Crippen molar-refractivity contribution in [3.8, 4) is 5.75 Å². The van der Waals surface area contributed by atoms with Crippen LogP contribution in [-0.4, -0.2) is 50.9 Å². The highest BCUT2D eigenvalue weighted by Crippen LogP contribution is 2.25. The van der Waals surface area contributed by atoms with E-state index in [2.05, 4.69) is 5.32 Å². The minimum atomic E-state index is -4.14. The molecule has 0 saturated heterocycles. The predicted molar refractivity (Wildman–Crippen MR) is 149 cm³/mol. The molecule has 3 rings (SSSR count). The summed E-state index contributed by atoms with van der Waals surface area (Å²) in [5.41, 5.74) is 1.05. The number of methoxy groups -OCH3 is 1. The Morgan fingerprint density at radius 2 is 1.61 bits per heavy atom. The lowest BCUT2D eigenvalue weighted by Gasteiger charge is -2.32. The van der Waals surface area contributed by atoms with Gasteiger partial charge in [-0.2, -0.15) is 0 Å². The van der Waals surface area contributed by atoms with Gasteiger partial charge in [0.05, 0.1) is 17.7 Å². The summed E-state index contributed by atoms with van der Waals surface area (Å²) in [7, 11) is -2.60. The van der Waals surface area contributed by atoms with Crippen molar-refractivity contribution in [1.29, 1.82) is 0 Å². The van der Waals surface area contributed by atoms with E-state index >= 15 is 0 Å². The number of sulfonamides is 1. The van der Waals surface area contributed by atoms with E-state index < -0.39 is 28.5 Å². The second-order valence-electron chi connectivity index (χ2n) is 9.01. The number of halogens is 1. The molecule has 0 saturated carbocycles. The fourth-order valence-corrected chi connectivity index (χ4v) is 5.35. The van der Waals surface area contributed by atoms with E-state index in [0.717, 1.165) is 9.87 Å². The van der Waals surface area contributed by atoms with Crippen LogP contribution in [0.2, 0.25) is 5.02 Å². The first-order valence-corrected chi connectivity index (χ1v) is 13.9. The second-order valence-corrected chi connectivity index (χ2v) is 11.3. The van der Waals surface area contributed by atoms with Crippen molar-refractivity contribution in [1.82, 2.24) is 10.2 Å². The largest absolute Gasteiger partial charge is 0.497 e. The molecule has 0 spiro atoms. The molecule has 0 radical (unpaired) electrons. The number of carbonyl (C=O) groups excluding carboxylic acids is 2. The summed E-state index contributed by atoms with van der Waals surface area (Å²) in [6.07, 6.45) is 0. The predicted octanol–water partition coefficient (Wildman–Crippen LogP) is 4.49. The van der Waals surface area contributed by atoms with Crippen LogP contribution >= 0.6 is 11.6 Å². The Labute approximate surface area is 229 Å². The Bertz CT molecular complexity index is 1350. The Morgan fingerprint density at radius 3 is 2.21 bits per heavy atom. The topological polar surface area (TPSA) is 96.0 Å². The summed E-state index contributed by atoms with van der Waals surface area (Å²) in [6.45, 7) is 4.84. The first-order chi connectivity index (χ1) is 18.0. The normalized spacial score (nSPS) is 12.1. The number of hydrogen-bond donors (Lipinski definition) is 1. The Hall–Kier alpha value is -3.56. The summed E-state index contributed by atoms with van der Waals surface area (Å²) in [6, 6.07) is 20.3. The molecule has 1 atom stereocenters. The van der Waals surface area contributed by atoms with Crippen LogP contribution in [0.4, 0.5) is 5.69 Å². The van der Waals surface area contributed by atoms with Crippen molar-refractivity contribution in [3.63, 3.8) is 0 Å². The molecule has 0 aliphatic rings. The third-order valence-electron chi connectivity index (χ3n) is 5.81. The third kappa shape index (κ3) is 7.26. The van der Waals surface area contributed by atoms with Gasteiger partial charge in [-0.15, -0.1) is 0 Å². The van der Waals surface area contributed by atoms with Crippen LogP contribution in [0.15, 0.2) is 83.8 Å². The van der Waals surface area contributed by atoms with E-state index in [0.29, 0.717) is 16.5 Å². The zero-order valence-electron chi connectivity index (χ0n) is 21.8. The SMILES string of the molecule is COc1cccc(CN(C(=O)CN(c2ccccc2)S(=O)(=O)c2ccc(Cl)cc2)C(C)C(=O)NC(C)C)c1. The van der Waals surface area contributed by atoms with Crippen molar-refractivity contribution >= 4 is 39.1 Å². The van der Waals surface area contributed by atoms with Crippen molar-refractivity contribution < 1.29 is 22.7 Å². The highest BCUT2D eigenvalue weighted by atomic mass is 35.5. The summed E-state index contributed by atoms with van der Waals surface area (Å²) in [5, 5.41) is 3.22. The quantitative estimate of drug-likeness (QED) is 0.375. The number of hydrogen-bond acceptors (Lipinski definition) is 5. The molecule has 2 amide bonds. The second kappa shape index (κ2) is 12.8. The highest BCUT2D eigenvalue weighted by molar-refractivity contribution is 7.92. The first-order valence-electron chi connectivity index (χ1n) is 12.1. The van der Waals surface area contributed by atoms with E-state index in [-0.39, 0.29) is 23.4 Å². The van der Waals surface area contributed by atoms with Gasteiger partial charge < -0.3 is 15.0 Å². The van der Waals surface area contributed by atoms with Crippen molar-refractivity contribution in [2.75, 3.05) is 18.0 Å². The standard InChI is InChI=1S/C28H32ClN3O5S/c1-20(2)30-28(34)21(3)31(18-22-9-8-12-25(17-22)37-4)27(33)19-32(24-10-6-5-7-11-24)38(35,36)26-15-13-23(29)14-16-26/h5-17,20-21H,18-19H2,1-4H3,(H,30,34). The van der Waals surface area contributed by atoms with Crippen LogP contribution < -0.4 is 14.4 Å².